The van der Waals surface area contributed by atoms with Gasteiger partial charge >= 0.3 is 5.97 Å². The lowest BCUT2D eigenvalue weighted by atomic mass is 10.3. The highest BCUT2D eigenvalue weighted by Crippen LogP contribution is 2.19. The predicted molar refractivity (Wildman–Crippen MR) is 57.3 cm³/mol. The molecule has 0 bridgehead atoms. The molecule has 0 aliphatic heterocycles. The number of hydrogen-bond donors (Lipinski definition) is 1. The second-order valence-electron chi connectivity index (χ2n) is 2.71. The molecule has 0 amide bonds. The fourth-order valence-electron chi connectivity index (χ4n) is 0.941. The van der Waals surface area contributed by atoms with E-state index in [1.165, 1.54) is 12.3 Å². The normalized spacial score (nSPS) is 10.2. The van der Waals surface area contributed by atoms with Gasteiger partial charge in [-0.3, -0.25) is 0 Å². The van der Waals surface area contributed by atoms with E-state index < -0.39 is 5.97 Å². The van der Waals surface area contributed by atoms with Crippen LogP contribution >= 0.6 is 0 Å². The molecule has 0 spiro atoms. The average Bonchev–Trinajstić information content (AvgIpc) is 2.21. The summed E-state index contributed by atoms with van der Waals surface area (Å²) in [5.41, 5.74) is 6.14. The van der Waals surface area contributed by atoms with Gasteiger partial charge in [0.25, 0.3) is 0 Å². The minimum atomic E-state index is -0.438. The topological polar surface area (TPSA) is 61.5 Å². The quantitative estimate of drug-likeness (QED) is 0.353. The first-order chi connectivity index (χ1) is 7.24. The molecule has 0 unspecified atom stereocenters. The summed E-state index contributed by atoms with van der Waals surface area (Å²) >= 11 is 0. The lowest BCUT2D eigenvalue weighted by molar-refractivity contribution is -0.137. The van der Waals surface area contributed by atoms with Crippen LogP contribution in [0, 0.1) is 0 Å². The summed E-state index contributed by atoms with van der Waals surface area (Å²) in [6.45, 7) is 2.08. The molecule has 0 heterocycles. The summed E-state index contributed by atoms with van der Waals surface area (Å²) < 4.78 is 9.82. The number of nitrogen functional groups attached to an aromatic ring is 1. The Morgan fingerprint density at radius 2 is 2.20 bits per heavy atom. The van der Waals surface area contributed by atoms with Crippen LogP contribution in [0.2, 0.25) is 0 Å². The Bertz CT molecular complexity index is 361. The molecule has 0 radical (unpaired) electrons. The third-order valence-corrected chi connectivity index (χ3v) is 1.60. The Balaban J connectivity index is 2.50. The van der Waals surface area contributed by atoms with E-state index in [1.54, 1.807) is 31.2 Å². The third-order valence-electron chi connectivity index (χ3n) is 1.60. The number of hydrogen-bond acceptors (Lipinski definition) is 4. The maximum atomic E-state index is 10.9. The molecule has 0 saturated heterocycles. The molecule has 1 rings (SSSR count). The van der Waals surface area contributed by atoms with Crippen molar-refractivity contribution in [2.75, 3.05) is 12.3 Å². The van der Waals surface area contributed by atoms with Crippen molar-refractivity contribution in [1.82, 2.24) is 0 Å². The smallest absolute Gasteiger partial charge is 0.333 e. The highest BCUT2D eigenvalue weighted by Gasteiger charge is 1.97. The van der Waals surface area contributed by atoms with E-state index in [2.05, 4.69) is 4.74 Å². The SMILES string of the molecule is CCOC(=O)/C=C/Oc1ccccc1N. The van der Waals surface area contributed by atoms with Crippen molar-refractivity contribution in [3.8, 4) is 5.75 Å². The molecule has 4 nitrogen and oxygen atoms in total. The van der Waals surface area contributed by atoms with Crippen molar-refractivity contribution < 1.29 is 14.3 Å². The highest BCUT2D eigenvalue weighted by atomic mass is 16.5. The van der Waals surface area contributed by atoms with E-state index in [9.17, 15) is 4.79 Å². The van der Waals surface area contributed by atoms with Gasteiger partial charge in [0.1, 0.15) is 5.75 Å². The van der Waals surface area contributed by atoms with Crippen LogP contribution < -0.4 is 10.5 Å². The van der Waals surface area contributed by atoms with E-state index in [0.717, 1.165) is 0 Å². The molecular formula is C11H13NO3. The standard InChI is InChI=1S/C11H13NO3/c1-2-14-11(13)7-8-15-10-6-4-3-5-9(10)12/h3-8H,2,12H2,1H3/b8-7+. The van der Waals surface area contributed by atoms with Gasteiger partial charge in [0.15, 0.2) is 0 Å². The van der Waals surface area contributed by atoms with Gasteiger partial charge in [-0.25, -0.2) is 4.79 Å². The van der Waals surface area contributed by atoms with Gasteiger partial charge in [0, 0.05) is 0 Å². The number of rotatable bonds is 4. The monoisotopic (exact) mass is 207 g/mol. The van der Waals surface area contributed by atoms with E-state index in [4.69, 9.17) is 10.5 Å². The zero-order valence-corrected chi connectivity index (χ0v) is 8.47. The van der Waals surface area contributed by atoms with Crippen molar-refractivity contribution in [2.24, 2.45) is 0 Å². The van der Waals surface area contributed by atoms with Gasteiger partial charge in [-0.1, -0.05) is 12.1 Å². The predicted octanol–water partition coefficient (Wildman–Crippen LogP) is 1.72. The largest absolute Gasteiger partial charge is 0.463 e. The van der Waals surface area contributed by atoms with Crippen LogP contribution in [-0.4, -0.2) is 12.6 Å². The first-order valence-corrected chi connectivity index (χ1v) is 4.58. The van der Waals surface area contributed by atoms with Crippen LogP contribution in [0.4, 0.5) is 5.69 Å². The Morgan fingerprint density at radius 3 is 2.87 bits per heavy atom. The molecule has 1 aromatic carbocycles. The van der Waals surface area contributed by atoms with Gasteiger partial charge in [0.05, 0.1) is 24.6 Å². The molecule has 0 atom stereocenters. The molecule has 2 N–H and O–H groups in total. The summed E-state index contributed by atoms with van der Waals surface area (Å²) in [5, 5.41) is 0. The van der Waals surface area contributed by atoms with Gasteiger partial charge < -0.3 is 15.2 Å². The minimum Gasteiger partial charge on any atom is -0.463 e. The summed E-state index contributed by atoms with van der Waals surface area (Å²) in [5.74, 6) is 0.0741. The van der Waals surface area contributed by atoms with Gasteiger partial charge in [-0.2, -0.15) is 0 Å². The second-order valence-corrected chi connectivity index (χ2v) is 2.71. The van der Waals surface area contributed by atoms with Crippen molar-refractivity contribution in [2.45, 2.75) is 6.92 Å². The molecule has 0 aromatic heterocycles. The second kappa shape index (κ2) is 5.70. The van der Waals surface area contributed by atoms with Gasteiger partial charge in [-0.15, -0.1) is 0 Å². The number of ether oxygens (including phenoxy) is 2. The maximum Gasteiger partial charge on any atom is 0.333 e. The summed E-state index contributed by atoms with van der Waals surface area (Å²) in [4.78, 5) is 10.9. The van der Waals surface area contributed by atoms with Crippen LogP contribution in [0.5, 0.6) is 5.75 Å². The molecule has 0 aliphatic rings. The summed E-state index contributed by atoms with van der Waals surface area (Å²) in [6, 6.07) is 7.03. The van der Waals surface area contributed by atoms with Crippen molar-refractivity contribution in [3.05, 3.63) is 36.6 Å². The van der Waals surface area contributed by atoms with Crippen LogP contribution in [-0.2, 0) is 9.53 Å². The fraction of sp³-hybridized carbons (Fsp3) is 0.182. The number of para-hydroxylation sites is 2. The van der Waals surface area contributed by atoms with E-state index in [-0.39, 0.29) is 0 Å². The molecule has 0 saturated carbocycles. The van der Waals surface area contributed by atoms with Crippen molar-refractivity contribution >= 4 is 11.7 Å². The molecule has 1 aromatic rings. The van der Waals surface area contributed by atoms with Crippen molar-refractivity contribution in [1.29, 1.82) is 0 Å². The zero-order chi connectivity index (χ0) is 11.1. The highest BCUT2D eigenvalue weighted by molar-refractivity contribution is 5.81. The van der Waals surface area contributed by atoms with E-state index in [1.807, 2.05) is 0 Å². The summed E-state index contributed by atoms with van der Waals surface area (Å²) in [7, 11) is 0. The molecule has 15 heavy (non-hydrogen) atoms. The number of nitrogens with two attached hydrogens (primary N) is 1. The average molecular weight is 207 g/mol. The van der Waals surface area contributed by atoms with Crippen molar-refractivity contribution in [3.63, 3.8) is 0 Å². The van der Waals surface area contributed by atoms with Crippen LogP contribution in [0.15, 0.2) is 36.6 Å². The molecule has 4 heteroatoms. The number of benzene rings is 1. The lowest BCUT2D eigenvalue weighted by Gasteiger charge is -2.02. The van der Waals surface area contributed by atoms with Crippen LogP contribution in [0.3, 0.4) is 0 Å². The Morgan fingerprint density at radius 1 is 1.47 bits per heavy atom. The molecule has 0 fully saturated rings. The van der Waals surface area contributed by atoms with Gasteiger partial charge in [0.2, 0.25) is 0 Å². The minimum absolute atomic E-state index is 0.344. The van der Waals surface area contributed by atoms with Crippen LogP contribution in [0.1, 0.15) is 6.92 Å². The Kier molecular flexibility index (Phi) is 4.22. The first kappa shape index (κ1) is 11.1. The zero-order valence-electron chi connectivity index (χ0n) is 8.47. The number of esters is 1. The Labute approximate surface area is 88.3 Å². The maximum absolute atomic E-state index is 10.9. The lowest BCUT2D eigenvalue weighted by Crippen LogP contribution is -2.00. The third kappa shape index (κ3) is 3.72. The first-order valence-electron chi connectivity index (χ1n) is 4.58. The molecular weight excluding hydrogens is 194 g/mol. The van der Waals surface area contributed by atoms with Gasteiger partial charge in [-0.05, 0) is 19.1 Å². The molecule has 0 aliphatic carbocycles. The Hall–Kier alpha value is -1.97. The molecule has 80 valence electrons. The van der Waals surface area contributed by atoms with Crippen LogP contribution in [0.25, 0.3) is 0 Å². The number of carbonyl (C=O) groups excluding carboxylic acids is 1. The fourth-order valence-corrected chi connectivity index (χ4v) is 0.941. The number of anilines is 1. The summed E-state index contributed by atoms with van der Waals surface area (Å²) in [6.07, 6.45) is 2.46. The van der Waals surface area contributed by atoms with E-state index in [0.29, 0.717) is 18.0 Å². The van der Waals surface area contributed by atoms with E-state index >= 15 is 0 Å². The number of carbonyl (C=O) groups is 1.